The fraction of sp³-hybridized carbons (Fsp3) is 0.217. The van der Waals surface area contributed by atoms with E-state index in [9.17, 15) is 22.8 Å². The molecule has 0 aliphatic rings. The number of nitrogens with one attached hydrogen (secondary N) is 2. The molecule has 2 amide bonds. The summed E-state index contributed by atoms with van der Waals surface area (Å²) in [5.41, 5.74) is -0.644. The molecule has 37 heavy (non-hydrogen) atoms. The summed E-state index contributed by atoms with van der Waals surface area (Å²) in [6.45, 7) is 0. The Morgan fingerprint density at radius 1 is 1.03 bits per heavy atom. The number of aromatic nitrogens is 2. The lowest BCUT2D eigenvalue weighted by Crippen LogP contribution is -2.18. The van der Waals surface area contributed by atoms with E-state index in [1.54, 1.807) is 18.2 Å². The van der Waals surface area contributed by atoms with Gasteiger partial charge >= 0.3 is 6.18 Å². The quantitative estimate of drug-likeness (QED) is 0.205. The van der Waals surface area contributed by atoms with Crippen LogP contribution in [-0.2, 0) is 15.8 Å². The van der Waals surface area contributed by atoms with Gasteiger partial charge in [0.1, 0.15) is 0 Å². The fourth-order valence-electron chi connectivity index (χ4n) is 2.99. The maximum atomic E-state index is 13.1. The summed E-state index contributed by atoms with van der Waals surface area (Å²) in [4.78, 5) is 24.5. The van der Waals surface area contributed by atoms with Gasteiger partial charge in [-0.2, -0.15) is 13.2 Å². The standard InChI is InChI=1S/C23H21F3N4O5S2/c1-33-16-10-13(11-17(34-2)20(16)35-3)8-9-18(31)28-21-29-30-22(37-21)36-12-19(32)27-15-7-5-4-6-14(15)23(24,25)26/h4-11H,12H2,1-3H3,(H,27,32)(H,28,29,31)/b9-8+. The number of nitrogens with zero attached hydrogens (tertiary/aromatic N) is 2. The van der Waals surface area contributed by atoms with Crippen LogP contribution in [0, 0.1) is 0 Å². The molecule has 196 valence electrons. The number of anilines is 2. The number of rotatable bonds is 10. The van der Waals surface area contributed by atoms with E-state index in [1.807, 2.05) is 0 Å². The number of hydrogen-bond acceptors (Lipinski definition) is 9. The number of thioether (sulfide) groups is 1. The summed E-state index contributed by atoms with van der Waals surface area (Å²) in [5.74, 6) is -0.0461. The Hall–Kier alpha value is -3.78. The van der Waals surface area contributed by atoms with Gasteiger partial charge in [-0.05, 0) is 35.9 Å². The van der Waals surface area contributed by atoms with Gasteiger partial charge in [0.05, 0.1) is 38.3 Å². The normalized spacial score (nSPS) is 11.3. The molecule has 0 saturated heterocycles. The van der Waals surface area contributed by atoms with Gasteiger partial charge in [0.2, 0.25) is 22.7 Å². The fourth-order valence-corrected chi connectivity index (χ4v) is 4.54. The average molecular weight is 555 g/mol. The Bertz CT molecular complexity index is 1270. The number of halogens is 3. The maximum absolute atomic E-state index is 13.1. The molecule has 1 aromatic heterocycles. The largest absolute Gasteiger partial charge is 0.493 e. The number of alkyl halides is 3. The lowest BCUT2D eigenvalue weighted by Gasteiger charge is -2.13. The van der Waals surface area contributed by atoms with Crippen LogP contribution in [0.5, 0.6) is 17.2 Å². The summed E-state index contributed by atoms with van der Waals surface area (Å²) >= 11 is 1.99. The first-order valence-corrected chi connectivity index (χ1v) is 12.2. The molecule has 1 heterocycles. The molecule has 2 N–H and O–H groups in total. The van der Waals surface area contributed by atoms with Crippen molar-refractivity contribution in [1.82, 2.24) is 10.2 Å². The maximum Gasteiger partial charge on any atom is 0.418 e. The molecule has 0 spiro atoms. The minimum absolute atomic E-state index is 0.185. The molecule has 9 nitrogen and oxygen atoms in total. The Morgan fingerprint density at radius 2 is 1.70 bits per heavy atom. The summed E-state index contributed by atoms with van der Waals surface area (Å²) in [5, 5.41) is 12.7. The van der Waals surface area contributed by atoms with Gasteiger partial charge in [0, 0.05) is 6.08 Å². The van der Waals surface area contributed by atoms with Gasteiger partial charge in [-0.15, -0.1) is 10.2 Å². The molecule has 3 rings (SSSR count). The predicted molar refractivity (Wildman–Crippen MR) is 134 cm³/mol. The number of amides is 2. The second kappa shape index (κ2) is 12.5. The van der Waals surface area contributed by atoms with Crippen molar-refractivity contribution in [1.29, 1.82) is 0 Å². The molecule has 0 atom stereocenters. The van der Waals surface area contributed by atoms with Crippen LogP contribution in [0.1, 0.15) is 11.1 Å². The summed E-state index contributed by atoms with van der Waals surface area (Å²) < 4.78 is 55.4. The van der Waals surface area contributed by atoms with E-state index < -0.39 is 23.6 Å². The third kappa shape index (κ3) is 7.60. The minimum Gasteiger partial charge on any atom is -0.493 e. The van der Waals surface area contributed by atoms with Gasteiger partial charge < -0.3 is 19.5 Å². The zero-order chi connectivity index (χ0) is 27.0. The molecule has 2 aromatic carbocycles. The SMILES string of the molecule is COc1cc(/C=C/C(=O)Nc2nnc(SCC(=O)Nc3ccccc3C(F)(F)F)s2)cc(OC)c1OC. The molecule has 0 bridgehead atoms. The van der Waals surface area contributed by atoms with Gasteiger partial charge in [-0.1, -0.05) is 35.2 Å². The zero-order valence-corrected chi connectivity index (χ0v) is 21.3. The first-order valence-electron chi connectivity index (χ1n) is 10.4. The van der Waals surface area contributed by atoms with Crippen molar-refractivity contribution in [2.75, 3.05) is 37.7 Å². The van der Waals surface area contributed by atoms with Gasteiger partial charge in [-0.3, -0.25) is 14.9 Å². The van der Waals surface area contributed by atoms with Crippen molar-refractivity contribution in [3.63, 3.8) is 0 Å². The van der Waals surface area contributed by atoms with Crippen molar-refractivity contribution in [3.05, 3.63) is 53.6 Å². The number of carbonyl (C=O) groups is 2. The van der Waals surface area contributed by atoms with Crippen molar-refractivity contribution >= 4 is 51.8 Å². The van der Waals surface area contributed by atoms with Crippen molar-refractivity contribution in [2.24, 2.45) is 0 Å². The highest BCUT2D eigenvalue weighted by Gasteiger charge is 2.33. The second-order valence-corrected chi connectivity index (χ2v) is 9.23. The number of carbonyl (C=O) groups excluding carboxylic acids is 2. The van der Waals surface area contributed by atoms with Gasteiger partial charge in [0.15, 0.2) is 15.8 Å². The molecule has 0 saturated carbocycles. The van der Waals surface area contributed by atoms with Crippen molar-refractivity contribution in [3.8, 4) is 17.2 Å². The van der Waals surface area contributed by atoms with E-state index in [2.05, 4.69) is 20.8 Å². The summed E-state index contributed by atoms with van der Waals surface area (Å²) in [7, 11) is 4.44. The van der Waals surface area contributed by atoms with Crippen LogP contribution in [0.3, 0.4) is 0 Å². The molecule has 0 fully saturated rings. The van der Waals surface area contributed by atoms with Crippen LogP contribution in [0.4, 0.5) is 24.0 Å². The lowest BCUT2D eigenvalue weighted by atomic mass is 10.1. The zero-order valence-electron chi connectivity index (χ0n) is 19.7. The Labute approximate surface area is 218 Å². The third-order valence-electron chi connectivity index (χ3n) is 4.58. The molecule has 3 aromatic rings. The van der Waals surface area contributed by atoms with E-state index in [0.29, 0.717) is 27.2 Å². The molecule has 0 unspecified atom stereocenters. The Kier molecular flexibility index (Phi) is 9.36. The smallest absolute Gasteiger partial charge is 0.418 e. The third-order valence-corrected chi connectivity index (χ3v) is 6.56. The highest BCUT2D eigenvalue weighted by atomic mass is 32.2. The van der Waals surface area contributed by atoms with E-state index in [4.69, 9.17) is 14.2 Å². The number of para-hydroxylation sites is 1. The van der Waals surface area contributed by atoms with Crippen LogP contribution < -0.4 is 24.8 Å². The first-order chi connectivity index (χ1) is 17.6. The van der Waals surface area contributed by atoms with Crippen LogP contribution in [0.15, 0.2) is 46.8 Å². The highest BCUT2D eigenvalue weighted by molar-refractivity contribution is 8.01. The highest BCUT2D eigenvalue weighted by Crippen LogP contribution is 2.38. The second-order valence-electron chi connectivity index (χ2n) is 7.03. The van der Waals surface area contributed by atoms with Gasteiger partial charge in [-0.25, -0.2) is 0 Å². The predicted octanol–water partition coefficient (Wildman–Crippen LogP) is 4.97. The van der Waals surface area contributed by atoms with Crippen LogP contribution in [0.25, 0.3) is 6.08 Å². The lowest BCUT2D eigenvalue weighted by molar-refractivity contribution is -0.137. The molecule has 14 heteroatoms. The van der Waals surface area contributed by atoms with E-state index in [-0.39, 0.29) is 16.6 Å². The summed E-state index contributed by atoms with van der Waals surface area (Å²) in [6.07, 6.45) is -1.77. The van der Waals surface area contributed by atoms with Gasteiger partial charge in [0.25, 0.3) is 0 Å². The Morgan fingerprint density at radius 3 is 2.32 bits per heavy atom. The molecular weight excluding hydrogens is 533 g/mol. The molecular formula is C23H21F3N4O5S2. The monoisotopic (exact) mass is 554 g/mol. The average Bonchev–Trinajstić information content (AvgIpc) is 3.32. The first kappa shape index (κ1) is 27.8. The van der Waals surface area contributed by atoms with Crippen LogP contribution >= 0.6 is 23.1 Å². The van der Waals surface area contributed by atoms with Crippen molar-refractivity contribution in [2.45, 2.75) is 10.5 Å². The van der Waals surface area contributed by atoms with E-state index in [0.717, 1.165) is 29.2 Å². The number of hydrogen-bond donors (Lipinski definition) is 2. The Balaban J connectivity index is 1.56. The number of benzene rings is 2. The minimum atomic E-state index is -4.59. The van der Waals surface area contributed by atoms with E-state index in [1.165, 1.54) is 45.6 Å². The number of methoxy groups -OCH3 is 3. The van der Waals surface area contributed by atoms with E-state index >= 15 is 0 Å². The van der Waals surface area contributed by atoms with Crippen LogP contribution in [-0.4, -0.2) is 49.1 Å². The topological polar surface area (TPSA) is 112 Å². The summed E-state index contributed by atoms with van der Waals surface area (Å²) in [6, 6.07) is 8.04. The van der Waals surface area contributed by atoms with Crippen molar-refractivity contribution < 1.29 is 37.0 Å². The number of ether oxygens (including phenoxy) is 3. The van der Waals surface area contributed by atoms with Crippen LogP contribution in [0.2, 0.25) is 0 Å². The molecule has 0 radical (unpaired) electrons. The molecule has 0 aliphatic carbocycles. The molecule has 0 aliphatic heterocycles.